The van der Waals surface area contributed by atoms with Gasteiger partial charge in [-0.05, 0) is 43.5 Å². The SMILES string of the molecule is CC[C@H](COC)NC(=O)c1cc(COc2cc(C)c(Cl)c(C)c2)on1. The number of rotatable bonds is 8. The lowest BCUT2D eigenvalue weighted by Crippen LogP contribution is -2.37. The molecular formula is C18H23ClN2O4. The number of nitrogens with zero attached hydrogens (tertiary/aromatic N) is 1. The van der Waals surface area contributed by atoms with Crippen LogP contribution in [0.3, 0.4) is 0 Å². The number of ether oxygens (including phenoxy) is 2. The molecular weight excluding hydrogens is 344 g/mol. The molecule has 0 bridgehead atoms. The van der Waals surface area contributed by atoms with Gasteiger partial charge in [-0.1, -0.05) is 23.7 Å². The molecule has 1 aromatic heterocycles. The number of hydrogen-bond donors (Lipinski definition) is 1. The van der Waals surface area contributed by atoms with Crippen LogP contribution in [-0.4, -0.2) is 30.8 Å². The van der Waals surface area contributed by atoms with Crippen molar-refractivity contribution in [2.24, 2.45) is 0 Å². The van der Waals surface area contributed by atoms with E-state index >= 15 is 0 Å². The van der Waals surface area contributed by atoms with E-state index in [4.69, 9.17) is 25.6 Å². The summed E-state index contributed by atoms with van der Waals surface area (Å²) >= 11 is 6.14. The molecule has 136 valence electrons. The van der Waals surface area contributed by atoms with Gasteiger partial charge in [-0.2, -0.15) is 0 Å². The van der Waals surface area contributed by atoms with Crippen molar-refractivity contribution in [2.75, 3.05) is 13.7 Å². The van der Waals surface area contributed by atoms with E-state index in [9.17, 15) is 4.79 Å². The summed E-state index contributed by atoms with van der Waals surface area (Å²) in [6.45, 7) is 6.44. The maximum atomic E-state index is 12.2. The first kappa shape index (κ1) is 19.3. The van der Waals surface area contributed by atoms with Gasteiger partial charge in [0.2, 0.25) is 0 Å². The minimum absolute atomic E-state index is 0.0612. The average molecular weight is 367 g/mol. The molecule has 2 aromatic rings. The average Bonchev–Trinajstić information content (AvgIpc) is 3.06. The van der Waals surface area contributed by atoms with Crippen molar-refractivity contribution in [3.05, 3.63) is 45.8 Å². The molecule has 1 N–H and O–H groups in total. The van der Waals surface area contributed by atoms with Crippen molar-refractivity contribution in [1.29, 1.82) is 0 Å². The molecule has 0 spiro atoms. The van der Waals surface area contributed by atoms with E-state index in [1.807, 2.05) is 32.9 Å². The Morgan fingerprint density at radius 1 is 1.32 bits per heavy atom. The molecule has 1 atom stereocenters. The number of halogens is 1. The molecule has 2 rings (SSSR count). The van der Waals surface area contributed by atoms with Crippen molar-refractivity contribution < 1.29 is 18.8 Å². The number of aryl methyl sites for hydroxylation is 2. The van der Waals surface area contributed by atoms with Gasteiger partial charge < -0.3 is 19.3 Å². The second kappa shape index (κ2) is 8.87. The first-order valence-corrected chi connectivity index (χ1v) is 8.47. The van der Waals surface area contributed by atoms with Crippen LogP contribution in [0.5, 0.6) is 5.75 Å². The highest BCUT2D eigenvalue weighted by molar-refractivity contribution is 6.32. The maximum Gasteiger partial charge on any atom is 0.273 e. The number of aromatic nitrogens is 1. The predicted octanol–water partition coefficient (Wildman–Crippen LogP) is 3.68. The number of benzene rings is 1. The Labute approximate surface area is 152 Å². The van der Waals surface area contributed by atoms with E-state index in [1.165, 1.54) is 0 Å². The molecule has 1 aromatic carbocycles. The molecule has 0 aliphatic carbocycles. The fraction of sp³-hybridized carbons (Fsp3) is 0.444. The first-order chi connectivity index (χ1) is 11.9. The van der Waals surface area contributed by atoms with Crippen LogP contribution in [0.1, 0.15) is 40.7 Å². The minimum Gasteiger partial charge on any atom is -0.486 e. The third kappa shape index (κ3) is 5.21. The number of carbonyl (C=O) groups excluding carboxylic acids is 1. The van der Waals surface area contributed by atoms with Gasteiger partial charge in [0.05, 0.1) is 12.6 Å². The zero-order valence-electron chi connectivity index (χ0n) is 14.9. The highest BCUT2D eigenvalue weighted by Gasteiger charge is 2.16. The summed E-state index contributed by atoms with van der Waals surface area (Å²) in [5.41, 5.74) is 2.10. The van der Waals surface area contributed by atoms with Gasteiger partial charge >= 0.3 is 0 Å². The minimum atomic E-state index is -0.294. The van der Waals surface area contributed by atoms with E-state index in [1.54, 1.807) is 13.2 Å². The van der Waals surface area contributed by atoms with E-state index in [2.05, 4.69) is 10.5 Å². The third-order valence-corrected chi connectivity index (χ3v) is 4.37. The fourth-order valence-electron chi connectivity index (χ4n) is 2.35. The predicted molar refractivity (Wildman–Crippen MR) is 95.2 cm³/mol. The lowest BCUT2D eigenvalue weighted by atomic mass is 10.1. The lowest BCUT2D eigenvalue weighted by Gasteiger charge is -2.14. The van der Waals surface area contributed by atoms with Gasteiger partial charge in [-0.3, -0.25) is 4.79 Å². The topological polar surface area (TPSA) is 73.6 Å². The zero-order chi connectivity index (χ0) is 18.4. The van der Waals surface area contributed by atoms with Gasteiger partial charge in [0.15, 0.2) is 11.5 Å². The summed E-state index contributed by atoms with van der Waals surface area (Å²) in [6, 6.07) is 5.23. The molecule has 0 aliphatic heterocycles. The summed E-state index contributed by atoms with van der Waals surface area (Å²) in [7, 11) is 1.60. The number of methoxy groups -OCH3 is 1. The summed E-state index contributed by atoms with van der Waals surface area (Å²) < 4.78 is 15.9. The standard InChI is InChI=1S/C18H23ClN2O4/c1-5-13(9-23-4)20-18(22)16-8-15(25-21-16)10-24-14-6-11(2)17(19)12(3)7-14/h6-8,13H,5,9-10H2,1-4H3,(H,20,22)/t13-/m1/s1. The molecule has 0 fully saturated rings. The van der Waals surface area contributed by atoms with Crippen LogP contribution in [0.25, 0.3) is 0 Å². The van der Waals surface area contributed by atoms with Crippen LogP contribution < -0.4 is 10.1 Å². The molecule has 0 saturated carbocycles. The molecule has 7 heteroatoms. The summed E-state index contributed by atoms with van der Waals surface area (Å²) in [4.78, 5) is 12.2. The van der Waals surface area contributed by atoms with Crippen LogP contribution in [0, 0.1) is 13.8 Å². The van der Waals surface area contributed by atoms with E-state index in [0.717, 1.165) is 22.6 Å². The Kier molecular flexibility index (Phi) is 6.84. The normalized spacial score (nSPS) is 12.0. The second-order valence-corrected chi connectivity index (χ2v) is 6.25. The first-order valence-electron chi connectivity index (χ1n) is 8.09. The zero-order valence-corrected chi connectivity index (χ0v) is 15.6. The number of nitrogens with one attached hydrogen (secondary N) is 1. The smallest absolute Gasteiger partial charge is 0.273 e. The molecule has 25 heavy (non-hydrogen) atoms. The van der Waals surface area contributed by atoms with Crippen molar-refractivity contribution in [2.45, 2.75) is 39.8 Å². The van der Waals surface area contributed by atoms with Crippen LogP contribution in [-0.2, 0) is 11.3 Å². The Morgan fingerprint density at radius 2 is 2.00 bits per heavy atom. The van der Waals surface area contributed by atoms with Crippen molar-refractivity contribution >= 4 is 17.5 Å². The number of amides is 1. The van der Waals surface area contributed by atoms with Crippen LogP contribution in [0.2, 0.25) is 5.02 Å². The second-order valence-electron chi connectivity index (χ2n) is 5.87. The van der Waals surface area contributed by atoms with Gasteiger partial charge in [0.25, 0.3) is 5.91 Å². The Balaban J connectivity index is 1.96. The molecule has 6 nitrogen and oxygen atoms in total. The van der Waals surface area contributed by atoms with E-state index in [-0.39, 0.29) is 24.2 Å². The largest absolute Gasteiger partial charge is 0.486 e. The summed E-state index contributed by atoms with van der Waals surface area (Å²) in [5, 5.41) is 7.38. The summed E-state index contributed by atoms with van der Waals surface area (Å²) in [5.74, 6) is 0.861. The van der Waals surface area contributed by atoms with Crippen LogP contribution in [0.15, 0.2) is 22.7 Å². The molecule has 1 amide bonds. The van der Waals surface area contributed by atoms with Gasteiger partial charge in [0.1, 0.15) is 12.4 Å². The Bertz CT molecular complexity index is 707. The molecule has 0 radical (unpaired) electrons. The van der Waals surface area contributed by atoms with Gasteiger partial charge in [-0.25, -0.2) is 0 Å². The number of carbonyl (C=O) groups is 1. The Morgan fingerprint density at radius 3 is 2.60 bits per heavy atom. The van der Waals surface area contributed by atoms with E-state index < -0.39 is 0 Å². The highest BCUT2D eigenvalue weighted by atomic mass is 35.5. The lowest BCUT2D eigenvalue weighted by molar-refractivity contribution is 0.0885. The molecule has 0 aliphatic rings. The van der Waals surface area contributed by atoms with Gasteiger partial charge in [0, 0.05) is 18.2 Å². The molecule has 0 saturated heterocycles. The van der Waals surface area contributed by atoms with E-state index in [0.29, 0.717) is 18.1 Å². The van der Waals surface area contributed by atoms with Gasteiger partial charge in [-0.15, -0.1) is 0 Å². The maximum absolute atomic E-state index is 12.2. The monoisotopic (exact) mass is 366 g/mol. The van der Waals surface area contributed by atoms with Crippen molar-refractivity contribution in [3.63, 3.8) is 0 Å². The molecule has 0 unspecified atom stereocenters. The van der Waals surface area contributed by atoms with Crippen molar-refractivity contribution in [3.8, 4) is 5.75 Å². The molecule has 1 heterocycles. The van der Waals surface area contributed by atoms with Crippen molar-refractivity contribution in [1.82, 2.24) is 10.5 Å². The fourth-order valence-corrected chi connectivity index (χ4v) is 2.46. The Hall–Kier alpha value is -2.05. The number of hydrogen-bond acceptors (Lipinski definition) is 5. The quantitative estimate of drug-likeness (QED) is 0.771. The van der Waals surface area contributed by atoms with Crippen LogP contribution in [0.4, 0.5) is 0 Å². The van der Waals surface area contributed by atoms with Crippen LogP contribution >= 0.6 is 11.6 Å². The highest BCUT2D eigenvalue weighted by Crippen LogP contribution is 2.26. The third-order valence-electron chi connectivity index (χ3n) is 3.78. The summed E-state index contributed by atoms with van der Waals surface area (Å²) in [6.07, 6.45) is 0.767.